The van der Waals surface area contributed by atoms with Crippen LogP contribution in [0.15, 0.2) is 0 Å². The Balaban J connectivity index is -0.0000000557. The van der Waals surface area contributed by atoms with Gasteiger partial charge >= 0.3 is 0 Å². The molecule has 0 aromatic carbocycles. The summed E-state index contributed by atoms with van der Waals surface area (Å²) >= 11 is 0. The summed E-state index contributed by atoms with van der Waals surface area (Å²) in [5.41, 5.74) is 0. The third-order valence-electron chi connectivity index (χ3n) is 1.50. The van der Waals surface area contributed by atoms with E-state index in [1.807, 2.05) is 0 Å². The van der Waals surface area contributed by atoms with Crippen LogP contribution in [0, 0.1) is 10.8 Å². The van der Waals surface area contributed by atoms with Crippen LogP contribution in [-0.4, -0.2) is 12.2 Å². The molecule has 0 aromatic rings. The van der Waals surface area contributed by atoms with Gasteiger partial charge in [-0.15, -0.1) is 0 Å². The van der Waals surface area contributed by atoms with Crippen molar-refractivity contribution in [1.29, 1.82) is 10.8 Å². The second kappa shape index (κ2) is 29.8. The summed E-state index contributed by atoms with van der Waals surface area (Å²) < 4.78 is 0. The molecule has 1 aliphatic rings. The molecule has 0 bridgehead atoms. The summed E-state index contributed by atoms with van der Waals surface area (Å²) in [7, 11) is 0. The van der Waals surface area contributed by atoms with Crippen molar-refractivity contribution >= 4 is 12.2 Å². The topological polar surface area (TPSA) is 81.8 Å². The van der Waals surface area contributed by atoms with Crippen LogP contribution < -0.4 is 0 Å². The number of rotatable bonds is 0. The highest BCUT2D eigenvalue weighted by Gasteiger charge is 1.95. The largest absolute Gasteiger partial charge is 0.231 e. The lowest BCUT2D eigenvalue weighted by Gasteiger charge is -2.05. The van der Waals surface area contributed by atoms with Crippen molar-refractivity contribution in [3.63, 3.8) is 0 Å². The van der Waals surface area contributed by atoms with E-state index < -0.39 is 0 Å². The number of hydrogen-bond donors (Lipinski definition) is 2. The van der Waals surface area contributed by atoms with Crippen LogP contribution >= 0.6 is 0 Å². The number of nitrogens with one attached hydrogen (secondary N) is 2. The van der Waals surface area contributed by atoms with Crippen LogP contribution in [0.4, 0.5) is 0 Å². The third-order valence-corrected chi connectivity index (χ3v) is 1.50. The van der Waals surface area contributed by atoms with E-state index in [-0.39, 0.29) is 14.9 Å². The molecule has 84 valence electrons. The van der Waals surface area contributed by atoms with Crippen molar-refractivity contribution in [1.82, 2.24) is 0 Å². The number of hydrogen-bond acceptors (Lipinski definition) is 4. The molecule has 14 heavy (non-hydrogen) atoms. The lowest BCUT2D eigenvalue weighted by atomic mass is 10.0. The Bertz CT molecular complexity index is 119. The van der Waals surface area contributed by atoms with Crippen LogP contribution in [0.1, 0.15) is 53.4 Å². The molecular weight excluding hydrogens is 180 g/mol. The predicted octanol–water partition coefficient (Wildman–Crippen LogP) is 3.41. The minimum Gasteiger partial charge on any atom is -0.222 e. The number of isocyanates is 2. The SMILES string of the molecule is C.C.C1CCCCC1.N=C=O.N=C=O. The molecule has 1 aliphatic carbocycles. The molecule has 0 unspecified atom stereocenters. The molecule has 0 saturated heterocycles. The van der Waals surface area contributed by atoms with E-state index in [2.05, 4.69) is 0 Å². The van der Waals surface area contributed by atoms with Crippen LogP contribution in [0.25, 0.3) is 0 Å². The highest BCUT2D eigenvalue weighted by Crippen LogP contribution is 2.15. The third kappa shape index (κ3) is 45.2. The maximum atomic E-state index is 8.35. The van der Waals surface area contributed by atoms with Crippen molar-refractivity contribution in [2.75, 3.05) is 0 Å². The van der Waals surface area contributed by atoms with Gasteiger partial charge < -0.3 is 0 Å². The molecule has 0 aromatic heterocycles. The van der Waals surface area contributed by atoms with Crippen LogP contribution in [0.2, 0.25) is 0 Å². The fraction of sp³-hybridized carbons (Fsp3) is 0.800. The normalized spacial score (nSPS) is 11.4. The lowest BCUT2D eigenvalue weighted by Crippen LogP contribution is -1.85. The van der Waals surface area contributed by atoms with Crippen LogP contribution in [-0.2, 0) is 9.59 Å². The molecule has 2 N–H and O–H groups in total. The predicted molar refractivity (Wildman–Crippen MR) is 58.0 cm³/mol. The summed E-state index contributed by atoms with van der Waals surface area (Å²) in [6.07, 6.45) is 10.5. The van der Waals surface area contributed by atoms with Crippen LogP contribution in [0.5, 0.6) is 0 Å². The zero-order valence-corrected chi connectivity index (χ0v) is 7.06. The standard InChI is InChI=1S/C6H12.2CHNO.2CH4/c1-2-4-6-5-3-1;2*2-1-3;;/h1-6H2;2*2H;2*1H4. The Labute approximate surface area is 86.7 Å². The van der Waals surface area contributed by atoms with Gasteiger partial charge in [0, 0.05) is 0 Å². The van der Waals surface area contributed by atoms with Crippen molar-refractivity contribution < 1.29 is 9.59 Å². The fourth-order valence-corrected chi connectivity index (χ4v) is 1.06. The molecule has 0 spiro atoms. The first-order valence-corrected chi connectivity index (χ1v) is 3.91. The molecule has 0 aliphatic heterocycles. The molecule has 1 fully saturated rings. The Morgan fingerprint density at radius 3 is 0.786 bits per heavy atom. The van der Waals surface area contributed by atoms with Gasteiger partial charge in [0.1, 0.15) is 0 Å². The summed E-state index contributed by atoms with van der Waals surface area (Å²) in [6, 6.07) is 0. The Kier molecular flexibility index (Phi) is 48.9. The summed E-state index contributed by atoms with van der Waals surface area (Å²) in [4.78, 5) is 16.7. The van der Waals surface area contributed by atoms with Crippen molar-refractivity contribution in [3.8, 4) is 0 Å². The second-order valence-electron chi connectivity index (χ2n) is 2.33. The summed E-state index contributed by atoms with van der Waals surface area (Å²) in [5, 5.41) is 10.8. The second-order valence-corrected chi connectivity index (χ2v) is 2.33. The molecular formula is C10H22N2O2. The first-order valence-electron chi connectivity index (χ1n) is 3.91. The monoisotopic (exact) mass is 202 g/mol. The van der Waals surface area contributed by atoms with Gasteiger partial charge in [-0.1, -0.05) is 53.4 Å². The quantitative estimate of drug-likeness (QED) is 0.466. The fourth-order valence-electron chi connectivity index (χ4n) is 1.06. The smallest absolute Gasteiger partial charge is 0.222 e. The van der Waals surface area contributed by atoms with Gasteiger partial charge in [-0.25, -0.2) is 20.4 Å². The van der Waals surface area contributed by atoms with Gasteiger partial charge in [-0.2, -0.15) is 0 Å². The molecule has 4 heteroatoms. The van der Waals surface area contributed by atoms with Gasteiger partial charge in [-0.05, 0) is 0 Å². The highest BCUT2D eigenvalue weighted by atomic mass is 16.1. The van der Waals surface area contributed by atoms with E-state index in [4.69, 9.17) is 20.4 Å². The maximum Gasteiger partial charge on any atom is 0.231 e. The van der Waals surface area contributed by atoms with Gasteiger partial charge in [0.25, 0.3) is 0 Å². The van der Waals surface area contributed by atoms with Gasteiger partial charge in [0.2, 0.25) is 12.2 Å². The van der Waals surface area contributed by atoms with E-state index in [0.29, 0.717) is 0 Å². The van der Waals surface area contributed by atoms with E-state index in [0.717, 1.165) is 12.2 Å². The van der Waals surface area contributed by atoms with Gasteiger partial charge in [0.05, 0.1) is 0 Å². The Morgan fingerprint density at radius 1 is 0.643 bits per heavy atom. The first-order chi connectivity index (χ1) is 5.83. The van der Waals surface area contributed by atoms with Crippen LogP contribution in [0.3, 0.4) is 0 Å². The minimum absolute atomic E-state index is 0. The minimum atomic E-state index is 0. The molecule has 0 radical (unpaired) electrons. The average molecular weight is 202 g/mol. The first kappa shape index (κ1) is 23.0. The lowest BCUT2D eigenvalue weighted by molar-refractivity contribution is 0.504. The van der Waals surface area contributed by atoms with E-state index in [1.165, 1.54) is 38.5 Å². The highest BCUT2D eigenvalue weighted by molar-refractivity contribution is 5.26. The molecule has 0 heterocycles. The zero-order valence-electron chi connectivity index (χ0n) is 7.06. The summed E-state index contributed by atoms with van der Waals surface area (Å²) in [6.45, 7) is 0. The van der Waals surface area contributed by atoms with Crippen molar-refractivity contribution in [2.24, 2.45) is 0 Å². The Hall–Kier alpha value is -1.24. The number of carbonyl (C=O) groups excluding carboxylic acids is 2. The van der Waals surface area contributed by atoms with E-state index >= 15 is 0 Å². The van der Waals surface area contributed by atoms with E-state index in [1.54, 1.807) is 0 Å². The van der Waals surface area contributed by atoms with Crippen molar-refractivity contribution in [3.05, 3.63) is 0 Å². The van der Waals surface area contributed by atoms with Gasteiger partial charge in [0.15, 0.2) is 0 Å². The van der Waals surface area contributed by atoms with Crippen molar-refractivity contribution in [2.45, 2.75) is 53.4 Å². The molecule has 4 nitrogen and oxygen atoms in total. The Morgan fingerprint density at radius 2 is 0.714 bits per heavy atom. The molecule has 0 atom stereocenters. The molecule has 1 rings (SSSR count). The zero-order chi connectivity index (χ0) is 9.66. The molecule has 0 amide bonds. The summed E-state index contributed by atoms with van der Waals surface area (Å²) in [5.74, 6) is 0. The van der Waals surface area contributed by atoms with Gasteiger partial charge in [-0.3, -0.25) is 0 Å². The van der Waals surface area contributed by atoms with E-state index in [9.17, 15) is 0 Å². The molecule has 1 saturated carbocycles. The maximum absolute atomic E-state index is 8.35. The average Bonchev–Trinajstić information content (AvgIpc) is 2.10.